The molecule has 2 aromatic carbocycles. The van der Waals surface area contributed by atoms with Gasteiger partial charge in [-0.15, -0.1) is 0 Å². The Morgan fingerprint density at radius 2 is 1.81 bits per heavy atom. The number of hydrogen-bond donors (Lipinski definition) is 1. The molecule has 0 saturated heterocycles. The van der Waals surface area contributed by atoms with Crippen LogP contribution in [0.5, 0.6) is 0 Å². The summed E-state index contributed by atoms with van der Waals surface area (Å²) in [7, 11) is 0. The van der Waals surface area contributed by atoms with E-state index in [2.05, 4.69) is 15.2 Å². The Bertz CT molecular complexity index is 992. The van der Waals surface area contributed by atoms with Gasteiger partial charge in [0.25, 0.3) is 11.5 Å². The number of rotatable bonds is 5. The first kappa shape index (κ1) is 18.1. The number of hydrogen-bond acceptors (Lipinski definition) is 5. The van der Waals surface area contributed by atoms with E-state index in [1.54, 1.807) is 18.2 Å². The van der Waals surface area contributed by atoms with Gasteiger partial charge in [-0.1, -0.05) is 29.0 Å². The number of benzene rings is 2. The van der Waals surface area contributed by atoms with Crippen molar-refractivity contribution in [1.82, 2.24) is 4.98 Å². The van der Waals surface area contributed by atoms with Crippen molar-refractivity contribution >= 4 is 38.1 Å². The molecule has 0 spiro atoms. The minimum atomic E-state index is -0.271. The standard InChI is InChI=1S/C20H21N3O2S/c1-4-23(5-2)20-22-19(25)16-12-15(10-11-17(16)26-20)21-18(24)14-8-6-13(3)7-9-14/h6-12H,4-5H2,1-3H3,(H,21,24). The van der Waals surface area contributed by atoms with E-state index in [0.717, 1.165) is 28.5 Å². The molecule has 0 unspecified atom stereocenters. The Balaban J connectivity index is 1.90. The van der Waals surface area contributed by atoms with Gasteiger partial charge in [-0.3, -0.25) is 9.59 Å². The molecule has 0 aliphatic carbocycles. The molecular weight excluding hydrogens is 346 g/mol. The normalized spacial score (nSPS) is 10.7. The maximum atomic E-state index is 12.4. The highest BCUT2D eigenvalue weighted by Crippen LogP contribution is 2.26. The lowest BCUT2D eigenvalue weighted by molar-refractivity contribution is 0.102. The molecule has 0 aliphatic rings. The summed E-state index contributed by atoms with van der Waals surface area (Å²) in [5, 5.41) is 4.09. The minimum absolute atomic E-state index is 0.201. The van der Waals surface area contributed by atoms with E-state index in [1.165, 1.54) is 11.3 Å². The van der Waals surface area contributed by atoms with Crippen LogP contribution in [0.3, 0.4) is 0 Å². The first-order chi connectivity index (χ1) is 12.5. The number of nitrogens with zero attached hydrogens (tertiary/aromatic N) is 2. The van der Waals surface area contributed by atoms with Gasteiger partial charge in [-0.05, 0) is 51.1 Å². The van der Waals surface area contributed by atoms with Crippen LogP contribution in [0.4, 0.5) is 10.8 Å². The van der Waals surface area contributed by atoms with Gasteiger partial charge >= 0.3 is 0 Å². The summed E-state index contributed by atoms with van der Waals surface area (Å²) in [5.74, 6) is -0.201. The first-order valence-electron chi connectivity index (χ1n) is 8.59. The molecule has 0 aliphatic heterocycles. The smallest absolute Gasteiger partial charge is 0.281 e. The highest BCUT2D eigenvalue weighted by Gasteiger charge is 2.11. The summed E-state index contributed by atoms with van der Waals surface area (Å²) in [6, 6.07) is 12.7. The molecule has 1 aromatic heterocycles. The van der Waals surface area contributed by atoms with Gasteiger partial charge in [0.1, 0.15) is 0 Å². The van der Waals surface area contributed by atoms with Gasteiger partial charge < -0.3 is 10.2 Å². The lowest BCUT2D eigenvalue weighted by Gasteiger charge is -2.18. The largest absolute Gasteiger partial charge is 0.349 e. The van der Waals surface area contributed by atoms with Gasteiger partial charge in [-0.2, -0.15) is 4.98 Å². The number of carbonyl (C=O) groups excluding carboxylic acids is 1. The van der Waals surface area contributed by atoms with Crippen LogP contribution in [0.2, 0.25) is 0 Å². The Morgan fingerprint density at radius 1 is 1.12 bits per heavy atom. The summed E-state index contributed by atoms with van der Waals surface area (Å²) in [5.41, 5.74) is 1.99. The molecule has 0 bridgehead atoms. The molecule has 6 heteroatoms. The van der Waals surface area contributed by atoms with Crippen LogP contribution < -0.4 is 15.8 Å². The molecule has 3 aromatic rings. The van der Waals surface area contributed by atoms with E-state index < -0.39 is 0 Å². The Morgan fingerprint density at radius 3 is 2.46 bits per heavy atom. The maximum absolute atomic E-state index is 12.4. The van der Waals surface area contributed by atoms with Crippen LogP contribution in [0.1, 0.15) is 29.8 Å². The average Bonchev–Trinajstić information content (AvgIpc) is 2.64. The van der Waals surface area contributed by atoms with Gasteiger partial charge in [0, 0.05) is 29.0 Å². The summed E-state index contributed by atoms with van der Waals surface area (Å²) in [6.45, 7) is 7.65. The van der Waals surface area contributed by atoms with Crippen molar-refractivity contribution < 1.29 is 4.79 Å². The number of carbonyl (C=O) groups is 1. The van der Waals surface area contributed by atoms with E-state index in [9.17, 15) is 9.59 Å². The molecule has 0 atom stereocenters. The van der Waals surface area contributed by atoms with E-state index in [1.807, 2.05) is 45.0 Å². The van der Waals surface area contributed by atoms with Crippen LogP contribution in [0, 0.1) is 6.92 Å². The number of nitrogens with one attached hydrogen (secondary N) is 1. The third-order valence-corrected chi connectivity index (χ3v) is 5.32. The molecule has 1 amide bonds. The van der Waals surface area contributed by atoms with Gasteiger partial charge in [0.15, 0.2) is 5.13 Å². The number of aromatic nitrogens is 1. The molecule has 3 rings (SSSR count). The highest BCUT2D eigenvalue weighted by atomic mass is 32.1. The third-order valence-electron chi connectivity index (χ3n) is 4.21. The molecule has 0 radical (unpaired) electrons. The van der Waals surface area contributed by atoms with Crippen molar-refractivity contribution in [3.63, 3.8) is 0 Å². The van der Waals surface area contributed by atoms with Crippen LogP contribution in [0.15, 0.2) is 47.3 Å². The molecule has 134 valence electrons. The minimum Gasteiger partial charge on any atom is -0.349 e. The summed E-state index contributed by atoms with van der Waals surface area (Å²) >= 11 is 1.49. The van der Waals surface area contributed by atoms with Crippen LogP contribution in [-0.2, 0) is 0 Å². The molecule has 1 N–H and O–H groups in total. The van der Waals surface area contributed by atoms with Crippen LogP contribution in [-0.4, -0.2) is 24.0 Å². The van der Waals surface area contributed by atoms with Crippen LogP contribution in [0.25, 0.3) is 10.1 Å². The molecule has 1 heterocycles. The second kappa shape index (κ2) is 7.66. The van der Waals surface area contributed by atoms with Crippen molar-refractivity contribution in [2.45, 2.75) is 20.8 Å². The van der Waals surface area contributed by atoms with E-state index >= 15 is 0 Å². The fourth-order valence-electron chi connectivity index (χ4n) is 2.67. The second-order valence-corrected chi connectivity index (χ2v) is 7.01. The number of fused-ring (bicyclic) bond motifs is 1. The Hall–Kier alpha value is -2.73. The van der Waals surface area contributed by atoms with E-state index in [4.69, 9.17) is 0 Å². The zero-order valence-corrected chi connectivity index (χ0v) is 15.9. The second-order valence-electron chi connectivity index (χ2n) is 6.00. The van der Waals surface area contributed by atoms with Crippen molar-refractivity contribution in [2.24, 2.45) is 0 Å². The number of aryl methyl sites for hydroxylation is 1. The maximum Gasteiger partial charge on any atom is 0.281 e. The predicted molar refractivity (Wildman–Crippen MR) is 109 cm³/mol. The third kappa shape index (κ3) is 3.75. The van der Waals surface area contributed by atoms with Crippen molar-refractivity contribution in [1.29, 1.82) is 0 Å². The van der Waals surface area contributed by atoms with Gasteiger partial charge in [0.05, 0.1) is 5.39 Å². The highest BCUT2D eigenvalue weighted by molar-refractivity contribution is 7.21. The van der Waals surface area contributed by atoms with Gasteiger partial charge in [0.2, 0.25) is 0 Å². The fourth-order valence-corrected chi connectivity index (χ4v) is 3.77. The van der Waals surface area contributed by atoms with Crippen molar-refractivity contribution in [3.8, 4) is 0 Å². The number of amides is 1. The molecule has 26 heavy (non-hydrogen) atoms. The molecule has 0 fully saturated rings. The quantitative estimate of drug-likeness (QED) is 0.739. The molecular formula is C20H21N3O2S. The SMILES string of the molecule is CCN(CC)c1nc(=O)c2cc(NC(=O)c3ccc(C)cc3)ccc2s1. The summed E-state index contributed by atoms with van der Waals surface area (Å²) < 4.78 is 0.861. The van der Waals surface area contributed by atoms with Crippen molar-refractivity contribution in [2.75, 3.05) is 23.3 Å². The zero-order chi connectivity index (χ0) is 18.7. The van der Waals surface area contributed by atoms with E-state index in [0.29, 0.717) is 16.6 Å². The predicted octanol–water partition coefficient (Wildman–Crippen LogP) is 4.06. The summed E-state index contributed by atoms with van der Waals surface area (Å²) in [4.78, 5) is 31.1. The monoisotopic (exact) mass is 367 g/mol. The molecule has 0 saturated carbocycles. The molecule has 5 nitrogen and oxygen atoms in total. The summed E-state index contributed by atoms with van der Waals surface area (Å²) in [6.07, 6.45) is 0. The number of anilines is 2. The average molecular weight is 367 g/mol. The van der Waals surface area contributed by atoms with Crippen LogP contribution >= 0.6 is 11.3 Å². The topological polar surface area (TPSA) is 62.3 Å². The van der Waals surface area contributed by atoms with Crippen molar-refractivity contribution in [3.05, 3.63) is 63.9 Å². The van der Waals surface area contributed by atoms with E-state index in [-0.39, 0.29) is 11.5 Å². The fraction of sp³-hybridized carbons (Fsp3) is 0.250. The lowest BCUT2D eigenvalue weighted by Crippen LogP contribution is -2.24. The lowest BCUT2D eigenvalue weighted by atomic mass is 10.1. The first-order valence-corrected chi connectivity index (χ1v) is 9.41. The van der Waals surface area contributed by atoms with Gasteiger partial charge in [-0.25, -0.2) is 0 Å². The Labute approximate surface area is 156 Å². The zero-order valence-electron chi connectivity index (χ0n) is 15.1. The Kier molecular flexibility index (Phi) is 5.32.